The smallest absolute Gasteiger partial charge is 0.322 e. The summed E-state index contributed by atoms with van der Waals surface area (Å²) in [5, 5.41) is 10.8. The Hall–Kier alpha value is -3.53. The SMILES string of the molecule is Cc1cc(C2SC(CC(=O)N3CCC(N4CCc5ccccc5NC4=O)CC3)C(=O)N2CCC(C)C)cc2cn[nH]c12.[HH].[HH]. The van der Waals surface area contributed by atoms with E-state index in [2.05, 4.69) is 54.5 Å². The molecule has 4 heterocycles. The molecule has 2 fully saturated rings. The molecule has 0 spiro atoms. The molecule has 2 saturated heterocycles. The summed E-state index contributed by atoms with van der Waals surface area (Å²) >= 11 is 1.60. The number of fused-ring (bicyclic) bond motifs is 2. The first-order valence-electron chi connectivity index (χ1n) is 15.1. The fourth-order valence-corrected chi connectivity index (χ4v) is 7.92. The maximum Gasteiger partial charge on any atom is 0.322 e. The van der Waals surface area contributed by atoms with E-state index in [1.165, 1.54) is 0 Å². The van der Waals surface area contributed by atoms with Gasteiger partial charge in [0.2, 0.25) is 11.8 Å². The van der Waals surface area contributed by atoms with Crippen molar-refractivity contribution >= 4 is 46.2 Å². The summed E-state index contributed by atoms with van der Waals surface area (Å²) in [4.78, 5) is 46.0. The predicted octanol–water partition coefficient (Wildman–Crippen LogP) is 5.82. The average Bonchev–Trinajstić information content (AvgIpc) is 3.53. The molecular weight excluding hydrogens is 548 g/mol. The molecule has 226 valence electrons. The molecule has 0 bridgehead atoms. The predicted molar refractivity (Wildman–Crippen MR) is 170 cm³/mol. The van der Waals surface area contributed by atoms with Gasteiger partial charge in [-0.15, -0.1) is 11.8 Å². The molecule has 0 saturated carbocycles. The number of likely N-dealkylation sites (tertiary alicyclic amines) is 1. The maximum absolute atomic E-state index is 13.7. The molecule has 2 N–H and O–H groups in total. The first-order valence-corrected chi connectivity index (χ1v) is 16.1. The van der Waals surface area contributed by atoms with Gasteiger partial charge in [-0.25, -0.2) is 4.79 Å². The first kappa shape index (κ1) is 28.6. The van der Waals surface area contributed by atoms with Crippen LogP contribution in [-0.2, 0) is 16.0 Å². The molecule has 9 nitrogen and oxygen atoms in total. The lowest BCUT2D eigenvalue weighted by Gasteiger charge is -2.38. The van der Waals surface area contributed by atoms with Crippen molar-refractivity contribution in [2.24, 2.45) is 5.92 Å². The van der Waals surface area contributed by atoms with Gasteiger partial charge in [-0.05, 0) is 67.3 Å². The molecule has 2 unspecified atom stereocenters. The number of carbonyl (C=O) groups excluding carboxylic acids is 3. The van der Waals surface area contributed by atoms with Crippen LogP contribution >= 0.6 is 11.8 Å². The van der Waals surface area contributed by atoms with E-state index in [0.717, 1.165) is 59.0 Å². The number of aromatic nitrogens is 2. The number of amides is 4. The zero-order valence-corrected chi connectivity index (χ0v) is 25.5. The third-order valence-corrected chi connectivity index (χ3v) is 10.4. The quantitative estimate of drug-likeness (QED) is 0.360. The van der Waals surface area contributed by atoms with Gasteiger partial charge in [0.05, 0.1) is 17.0 Å². The van der Waals surface area contributed by atoms with Gasteiger partial charge in [0.1, 0.15) is 5.37 Å². The summed E-state index contributed by atoms with van der Waals surface area (Å²) in [6.45, 7) is 8.95. The number of thioether (sulfide) groups is 1. The highest BCUT2D eigenvalue weighted by molar-refractivity contribution is 8.01. The summed E-state index contributed by atoms with van der Waals surface area (Å²) in [7, 11) is 0. The van der Waals surface area contributed by atoms with Gasteiger partial charge in [-0.3, -0.25) is 14.7 Å². The van der Waals surface area contributed by atoms with Crippen molar-refractivity contribution in [1.82, 2.24) is 24.9 Å². The van der Waals surface area contributed by atoms with Crippen LogP contribution in [-0.4, -0.2) is 80.2 Å². The van der Waals surface area contributed by atoms with Gasteiger partial charge in [0, 0.05) is 52.6 Å². The van der Waals surface area contributed by atoms with E-state index in [-0.39, 0.29) is 38.5 Å². The normalized spacial score (nSPS) is 21.7. The number of H-pyrrole nitrogens is 1. The first-order chi connectivity index (χ1) is 20.3. The second kappa shape index (κ2) is 12.0. The third-order valence-electron chi connectivity index (χ3n) is 8.90. The zero-order valence-electron chi connectivity index (χ0n) is 24.6. The number of piperidine rings is 1. The van der Waals surface area contributed by atoms with E-state index in [1.54, 1.807) is 11.8 Å². The van der Waals surface area contributed by atoms with Crippen LogP contribution in [0.15, 0.2) is 42.6 Å². The highest BCUT2D eigenvalue weighted by Gasteiger charge is 2.43. The van der Waals surface area contributed by atoms with Crippen molar-refractivity contribution in [3.63, 3.8) is 0 Å². The molecule has 42 heavy (non-hydrogen) atoms. The summed E-state index contributed by atoms with van der Waals surface area (Å²) in [5.41, 5.74) is 5.23. The van der Waals surface area contributed by atoms with Crippen molar-refractivity contribution < 1.29 is 17.2 Å². The Morgan fingerprint density at radius 2 is 1.93 bits per heavy atom. The maximum atomic E-state index is 13.7. The second-order valence-electron chi connectivity index (χ2n) is 12.2. The Kier molecular flexibility index (Phi) is 8.16. The number of para-hydroxylation sites is 1. The van der Waals surface area contributed by atoms with Crippen molar-refractivity contribution in [3.05, 3.63) is 59.3 Å². The van der Waals surface area contributed by atoms with Gasteiger partial charge >= 0.3 is 6.03 Å². The van der Waals surface area contributed by atoms with Gasteiger partial charge < -0.3 is 20.0 Å². The molecule has 3 aromatic rings. The summed E-state index contributed by atoms with van der Waals surface area (Å²) in [6.07, 6.45) is 5.25. The van der Waals surface area contributed by atoms with Crippen LogP contribution < -0.4 is 5.32 Å². The number of hydrogen-bond acceptors (Lipinski definition) is 5. The Morgan fingerprint density at radius 3 is 2.71 bits per heavy atom. The van der Waals surface area contributed by atoms with E-state index in [0.29, 0.717) is 32.1 Å². The van der Waals surface area contributed by atoms with Crippen LogP contribution in [0.25, 0.3) is 10.9 Å². The molecule has 6 rings (SSSR count). The molecule has 1 aromatic heterocycles. The molecule has 3 aliphatic rings. The minimum Gasteiger partial charge on any atom is -0.342 e. The summed E-state index contributed by atoms with van der Waals surface area (Å²) in [5.74, 6) is 0.557. The highest BCUT2D eigenvalue weighted by Crippen LogP contribution is 2.45. The topological polar surface area (TPSA) is 102 Å². The van der Waals surface area contributed by atoms with Crippen molar-refractivity contribution in [2.45, 2.75) is 69.5 Å². The monoisotopic (exact) mass is 592 g/mol. The molecule has 2 aromatic carbocycles. The number of anilines is 1. The fraction of sp³-hybridized carbons (Fsp3) is 0.500. The van der Waals surface area contributed by atoms with E-state index < -0.39 is 5.25 Å². The zero-order chi connectivity index (χ0) is 29.4. The van der Waals surface area contributed by atoms with Gasteiger partial charge in [-0.2, -0.15) is 5.10 Å². The van der Waals surface area contributed by atoms with E-state index >= 15 is 0 Å². The van der Waals surface area contributed by atoms with Crippen molar-refractivity contribution in [3.8, 4) is 0 Å². The van der Waals surface area contributed by atoms with Crippen LogP contribution in [0.1, 0.15) is 64.4 Å². The standard InChI is InChI=1S/C32H40N6O3S.2H2/c1-20(2)8-14-38-30(40)27(42-31(38)23-16-21(3)29-24(17-23)19-33-35-29)18-28(39)36-12-10-25(11-13-36)37-15-9-22-6-4-5-7-26(22)34-32(37)41;;/h4-7,16-17,19-20,25,27,31H,8-15,18H2,1-3H3,(H,33,35)(H,34,41);2*1H. The van der Waals surface area contributed by atoms with Crippen LogP contribution in [0.5, 0.6) is 0 Å². The number of hydrogen-bond donors (Lipinski definition) is 2. The number of carbonyl (C=O) groups is 3. The van der Waals surface area contributed by atoms with E-state index in [4.69, 9.17) is 0 Å². The lowest BCUT2D eigenvalue weighted by molar-refractivity contribution is -0.136. The number of rotatable bonds is 7. The van der Waals surface area contributed by atoms with Crippen molar-refractivity contribution in [1.29, 1.82) is 0 Å². The van der Waals surface area contributed by atoms with Gasteiger partial charge in [0.25, 0.3) is 0 Å². The second-order valence-corrected chi connectivity index (χ2v) is 13.5. The molecule has 4 amide bonds. The number of urea groups is 1. The minimum atomic E-state index is -0.400. The van der Waals surface area contributed by atoms with Crippen LogP contribution in [0.4, 0.5) is 10.5 Å². The largest absolute Gasteiger partial charge is 0.342 e. The molecule has 10 heteroatoms. The third kappa shape index (κ3) is 5.73. The van der Waals surface area contributed by atoms with Crippen molar-refractivity contribution in [2.75, 3.05) is 31.5 Å². The minimum absolute atomic E-state index is 0. The lowest BCUT2D eigenvalue weighted by atomic mass is 10.0. The molecule has 2 atom stereocenters. The number of aromatic amines is 1. The lowest BCUT2D eigenvalue weighted by Crippen LogP contribution is -2.50. The highest BCUT2D eigenvalue weighted by atomic mass is 32.2. The Labute approximate surface area is 254 Å². The van der Waals surface area contributed by atoms with Gasteiger partial charge in [0.15, 0.2) is 0 Å². The number of nitrogens with zero attached hydrogens (tertiary/aromatic N) is 4. The number of aryl methyl sites for hydroxylation is 1. The molecule has 3 aliphatic heterocycles. The molecular formula is C32H44N6O3S. The van der Waals surface area contributed by atoms with Crippen LogP contribution in [0, 0.1) is 12.8 Å². The molecule has 0 radical (unpaired) electrons. The van der Waals surface area contributed by atoms with E-state index in [1.807, 2.05) is 39.1 Å². The Balaban J connectivity index is 0.00000221. The summed E-state index contributed by atoms with van der Waals surface area (Å²) in [6, 6.07) is 12.3. The summed E-state index contributed by atoms with van der Waals surface area (Å²) < 4.78 is 0. The van der Waals surface area contributed by atoms with Crippen LogP contribution in [0.2, 0.25) is 0 Å². The number of nitrogens with one attached hydrogen (secondary N) is 2. The Morgan fingerprint density at radius 1 is 1.14 bits per heavy atom. The van der Waals surface area contributed by atoms with Gasteiger partial charge in [-0.1, -0.05) is 38.1 Å². The fourth-order valence-electron chi connectivity index (χ4n) is 6.47. The molecule has 0 aliphatic carbocycles. The average molecular weight is 593 g/mol. The Bertz CT molecular complexity index is 1490. The number of benzene rings is 2. The van der Waals surface area contributed by atoms with Crippen LogP contribution in [0.3, 0.4) is 0 Å². The van der Waals surface area contributed by atoms with E-state index in [9.17, 15) is 14.4 Å².